The molecular formula is C47H58F3N3O10. The van der Waals surface area contributed by atoms with Crippen molar-refractivity contribution >= 4 is 35.4 Å². The van der Waals surface area contributed by atoms with Gasteiger partial charge in [0.15, 0.2) is 0 Å². The van der Waals surface area contributed by atoms with E-state index in [1.165, 1.54) is 68.8 Å². The Balaban J connectivity index is 0.00000123. The number of hydrogen-bond donors (Lipinski definition) is 3. The largest absolute Gasteiger partial charge is 0.497 e. The van der Waals surface area contributed by atoms with Gasteiger partial charge in [-0.15, -0.1) is 0 Å². The molecule has 342 valence electrons. The molecule has 4 aromatic rings. The predicted octanol–water partition coefficient (Wildman–Crippen LogP) is 9.11. The molecular weight excluding hydrogens is 824 g/mol. The Morgan fingerprint density at radius 1 is 0.762 bits per heavy atom. The highest BCUT2D eigenvalue weighted by Crippen LogP contribution is 2.37. The number of alkyl halides is 3. The topological polar surface area (TPSA) is 184 Å². The van der Waals surface area contributed by atoms with Crippen molar-refractivity contribution in [3.63, 3.8) is 0 Å². The zero-order chi connectivity index (χ0) is 45.9. The number of carboxylic acid groups (broad SMARTS) is 1. The van der Waals surface area contributed by atoms with Gasteiger partial charge < -0.3 is 40.0 Å². The number of anilines is 1. The van der Waals surface area contributed by atoms with E-state index in [1.54, 1.807) is 57.2 Å². The summed E-state index contributed by atoms with van der Waals surface area (Å²) in [6.07, 6.45) is 0.630. The van der Waals surface area contributed by atoms with Crippen molar-refractivity contribution in [3.8, 4) is 17.2 Å². The molecule has 0 aliphatic heterocycles. The molecule has 0 atom stereocenters. The minimum Gasteiger partial charge on any atom is -0.497 e. The second-order valence-electron chi connectivity index (χ2n) is 15.0. The summed E-state index contributed by atoms with van der Waals surface area (Å²) in [5, 5.41) is 11.8. The highest BCUT2D eigenvalue weighted by Gasteiger charge is 2.34. The van der Waals surface area contributed by atoms with E-state index in [0.717, 1.165) is 29.9 Å². The Hall–Kier alpha value is -6.42. The van der Waals surface area contributed by atoms with Crippen LogP contribution in [0.4, 0.5) is 18.9 Å². The van der Waals surface area contributed by atoms with Crippen LogP contribution in [0.25, 0.3) is 0 Å². The van der Waals surface area contributed by atoms with Crippen LogP contribution in [0.2, 0.25) is 0 Å². The van der Waals surface area contributed by atoms with E-state index in [0.29, 0.717) is 29.0 Å². The van der Waals surface area contributed by atoms with Crippen LogP contribution < -0.4 is 25.3 Å². The van der Waals surface area contributed by atoms with E-state index < -0.39 is 53.3 Å². The third kappa shape index (κ3) is 19.0. The number of nitrogens with one attached hydrogen (secondary N) is 1. The fourth-order valence-corrected chi connectivity index (χ4v) is 5.70. The van der Waals surface area contributed by atoms with Gasteiger partial charge in [0.05, 0.1) is 43.5 Å². The smallest absolute Gasteiger partial charge is 0.418 e. The zero-order valence-corrected chi connectivity index (χ0v) is 35.5. The van der Waals surface area contributed by atoms with E-state index in [9.17, 15) is 42.3 Å². The predicted molar refractivity (Wildman–Crippen MR) is 233 cm³/mol. The lowest BCUT2D eigenvalue weighted by molar-refractivity contribution is -0.153. The molecule has 4 rings (SSSR count). The molecule has 0 aliphatic carbocycles. The van der Waals surface area contributed by atoms with E-state index >= 15 is 0 Å². The van der Waals surface area contributed by atoms with E-state index in [2.05, 4.69) is 12.2 Å². The molecule has 4 aromatic carbocycles. The lowest BCUT2D eigenvalue weighted by Gasteiger charge is -2.21. The molecule has 0 spiro atoms. The molecule has 13 nitrogen and oxygen atoms in total. The fourth-order valence-electron chi connectivity index (χ4n) is 5.70. The highest BCUT2D eigenvalue weighted by molar-refractivity contribution is 5.96. The van der Waals surface area contributed by atoms with Crippen LogP contribution in [0.15, 0.2) is 91.0 Å². The number of unbranched alkanes of at least 4 members (excludes halogenated alkanes) is 4. The number of halogens is 3. The standard InChI is InChI=1S/C40H41F3N2O8.C6H13NO2.CH4/c1-3-4-5-6-7-22-52-31-18-14-30(15-19-31)39(50)53-32-16-10-28(11-17-32)25-45(26-37(47)48)38(49)29-12-8-27(9-13-29)23-36(46)44-35-21-20-33(51-2)24-34(35)40(41,42)43;1-6(2,3)9-5(8)4-7;/h8-21,24H,3-7,22-23,25-26H2,1-2H3,(H,44,46)(H,47,48);4,7H2,1-3H3;1H4. The van der Waals surface area contributed by atoms with Gasteiger partial charge in [0.2, 0.25) is 5.91 Å². The lowest BCUT2D eigenvalue weighted by atomic mass is 10.1. The molecule has 0 bridgehead atoms. The minimum atomic E-state index is -4.73. The molecule has 0 heterocycles. The van der Waals surface area contributed by atoms with Crippen LogP contribution >= 0.6 is 0 Å². The average Bonchev–Trinajstić information content (AvgIpc) is 3.22. The number of rotatable bonds is 19. The second-order valence-corrected chi connectivity index (χ2v) is 15.0. The molecule has 0 saturated heterocycles. The Labute approximate surface area is 366 Å². The van der Waals surface area contributed by atoms with Crippen molar-refractivity contribution < 1.29 is 61.2 Å². The summed E-state index contributed by atoms with van der Waals surface area (Å²) < 4.78 is 61.5. The van der Waals surface area contributed by atoms with Gasteiger partial charge in [0, 0.05) is 12.1 Å². The molecule has 63 heavy (non-hydrogen) atoms. The number of methoxy groups -OCH3 is 1. The highest BCUT2D eigenvalue weighted by atomic mass is 19.4. The number of ether oxygens (including phenoxy) is 4. The SMILES string of the molecule is C.CC(C)(C)OC(=O)CN.CCCCCCCOc1ccc(C(=O)Oc2ccc(CN(CC(=O)O)C(=O)c3ccc(CC(=O)Nc4ccc(OC)cc4C(F)(F)F)cc3)cc2)cc1. The van der Waals surface area contributed by atoms with Crippen molar-refractivity contribution in [2.45, 2.75) is 92.0 Å². The van der Waals surface area contributed by atoms with Crippen molar-refractivity contribution in [2.24, 2.45) is 5.73 Å². The number of carbonyl (C=O) groups is 5. The van der Waals surface area contributed by atoms with E-state index in [4.69, 9.17) is 24.7 Å². The average molecular weight is 882 g/mol. The summed E-state index contributed by atoms with van der Waals surface area (Å²) in [5.74, 6) is -2.58. The Kier molecular flexibility index (Phi) is 21.3. The van der Waals surface area contributed by atoms with Gasteiger partial charge in [-0.3, -0.25) is 19.2 Å². The number of nitrogens with two attached hydrogens (primary N) is 1. The molecule has 0 saturated carbocycles. The van der Waals surface area contributed by atoms with E-state index in [1.807, 2.05) is 0 Å². The third-order valence-corrected chi connectivity index (χ3v) is 8.69. The van der Waals surface area contributed by atoms with Crippen molar-refractivity contribution in [1.29, 1.82) is 0 Å². The summed E-state index contributed by atoms with van der Waals surface area (Å²) in [6.45, 7) is 7.46. The Morgan fingerprint density at radius 2 is 1.33 bits per heavy atom. The number of amides is 2. The monoisotopic (exact) mass is 881 g/mol. The van der Waals surface area contributed by atoms with E-state index in [-0.39, 0.29) is 50.0 Å². The summed E-state index contributed by atoms with van der Waals surface area (Å²) in [7, 11) is 1.23. The van der Waals surface area contributed by atoms with Gasteiger partial charge >= 0.3 is 24.1 Å². The fraction of sp³-hybridized carbons (Fsp3) is 0.383. The second kappa shape index (κ2) is 25.5. The van der Waals surface area contributed by atoms with Gasteiger partial charge in [-0.05, 0) is 105 Å². The summed E-state index contributed by atoms with van der Waals surface area (Å²) in [6, 6.07) is 21.9. The Morgan fingerprint density at radius 3 is 1.87 bits per heavy atom. The van der Waals surface area contributed by atoms with Crippen molar-refractivity contribution in [2.75, 3.05) is 32.1 Å². The third-order valence-electron chi connectivity index (χ3n) is 8.69. The normalized spacial score (nSPS) is 10.9. The number of carbonyl (C=O) groups excluding carboxylic acids is 4. The molecule has 0 aliphatic rings. The summed E-state index contributed by atoms with van der Waals surface area (Å²) in [4.78, 5) is 61.9. The number of hydrogen-bond acceptors (Lipinski definition) is 10. The number of aliphatic carboxylic acids is 1. The minimum absolute atomic E-state index is 0. The van der Waals surface area contributed by atoms with Gasteiger partial charge in [0.25, 0.3) is 5.91 Å². The first-order valence-electron chi connectivity index (χ1n) is 19.9. The maximum Gasteiger partial charge on any atom is 0.418 e. The van der Waals surface area contributed by atoms with Crippen molar-refractivity contribution in [1.82, 2.24) is 4.90 Å². The van der Waals surface area contributed by atoms with Gasteiger partial charge in [-0.2, -0.15) is 13.2 Å². The number of benzene rings is 4. The van der Waals surface area contributed by atoms with Gasteiger partial charge in [0.1, 0.15) is 29.4 Å². The Bertz CT molecular complexity index is 2080. The number of carboxylic acids is 1. The number of nitrogens with zero attached hydrogens (tertiary/aromatic N) is 1. The first kappa shape index (κ1) is 52.7. The van der Waals surface area contributed by atoms with Crippen molar-refractivity contribution in [3.05, 3.63) is 119 Å². The van der Waals surface area contributed by atoms with Crippen LogP contribution in [0.5, 0.6) is 17.2 Å². The summed E-state index contributed by atoms with van der Waals surface area (Å²) in [5.41, 5.74) is 4.57. The first-order chi connectivity index (χ1) is 29.3. The summed E-state index contributed by atoms with van der Waals surface area (Å²) >= 11 is 0. The van der Waals surface area contributed by atoms with Crippen LogP contribution in [0.3, 0.4) is 0 Å². The molecule has 16 heteroatoms. The van der Waals surface area contributed by atoms with Crippen LogP contribution in [-0.4, -0.2) is 72.1 Å². The zero-order valence-electron chi connectivity index (χ0n) is 35.5. The number of esters is 2. The molecule has 4 N–H and O–H groups in total. The molecule has 0 aromatic heterocycles. The lowest BCUT2D eigenvalue weighted by Crippen LogP contribution is -2.35. The van der Waals surface area contributed by atoms with Gasteiger partial charge in [-0.25, -0.2) is 4.79 Å². The quantitative estimate of drug-likeness (QED) is 0.0464. The first-order valence-corrected chi connectivity index (χ1v) is 19.9. The maximum absolute atomic E-state index is 13.5. The maximum atomic E-state index is 13.5. The van der Waals surface area contributed by atoms with Crippen LogP contribution in [-0.2, 0) is 38.3 Å². The van der Waals surface area contributed by atoms with Gasteiger partial charge in [-0.1, -0.05) is 64.3 Å². The van der Waals surface area contributed by atoms with Crippen LogP contribution in [0, 0.1) is 0 Å². The van der Waals surface area contributed by atoms with Crippen LogP contribution in [0.1, 0.15) is 105 Å². The molecule has 0 unspecified atom stereocenters. The molecule has 0 radical (unpaired) electrons. The molecule has 0 fully saturated rings. The molecule has 2 amide bonds.